The number of hydrogen-bond donors (Lipinski definition) is 2. The highest BCUT2D eigenvalue weighted by Crippen LogP contribution is 2.32. The van der Waals surface area contributed by atoms with Gasteiger partial charge < -0.3 is 15.3 Å². The van der Waals surface area contributed by atoms with Gasteiger partial charge in [0.05, 0.1) is 23.2 Å². The van der Waals surface area contributed by atoms with Crippen LogP contribution in [0.1, 0.15) is 62.4 Å². The lowest BCUT2D eigenvalue weighted by atomic mass is 9.95. The second-order valence-corrected chi connectivity index (χ2v) is 9.84. The van der Waals surface area contributed by atoms with Crippen molar-refractivity contribution in [2.75, 3.05) is 11.4 Å². The van der Waals surface area contributed by atoms with Gasteiger partial charge in [0.25, 0.3) is 5.91 Å². The predicted octanol–water partition coefficient (Wildman–Crippen LogP) is 6.37. The third-order valence-electron chi connectivity index (χ3n) is 7.27. The Balaban J connectivity index is 1.33. The molecule has 4 aromatic carbocycles. The average molecular weight is 516 g/mol. The number of aromatic carboxylic acids is 1. The molecule has 5 rings (SSSR count). The molecule has 6 heteroatoms. The molecule has 1 aliphatic rings. The summed E-state index contributed by atoms with van der Waals surface area (Å²) in [5.41, 5.74) is 7.95. The number of carboxylic acid groups (broad SMARTS) is 1. The molecule has 0 saturated carbocycles. The normalized spacial score (nSPS) is 13.2. The van der Waals surface area contributed by atoms with Crippen molar-refractivity contribution in [2.45, 2.75) is 32.4 Å². The fourth-order valence-corrected chi connectivity index (χ4v) is 5.13. The van der Waals surface area contributed by atoms with Crippen molar-refractivity contribution in [1.82, 2.24) is 5.32 Å². The highest BCUT2D eigenvalue weighted by molar-refractivity contribution is 5.95. The number of nitriles is 1. The van der Waals surface area contributed by atoms with Gasteiger partial charge in [0.2, 0.25) is 0 Å². The molecule has 0 fully saturated rings. The number of carbonyl (C=O) groups excluding carboxylic acids is 1. The fraction of sp³-hybridized carbons (Fsp3) is 0.182. The Hall–Kier alpha value is -4.89. The first-order valence-electron chi connectivity index (χ1n) is 13.0. The van der Waals surface area contributed by atoms with E-state index in [-0.39, 0.29) is 17.5 Å². The van der Waals surface area contributed by atoms with Crippen molar-refractivity contribution in [3.8, 4) is 17.2 Å². The molecule has 0 aliphatic carbocycles. The SMILES string of the molecule is CC(NC(=O)c1ccc2c(c1)CCCN2Cc1ccccc1-c1ccc(C(=O)O)cc1)c1ccc(C#N)cc1. The zero-order valence-corrected chi connectivity index (χ0v) is 21.7. The lowest BCUT2D eigenvalue weighted by molar-refractivity contribution is 0.0696. The van der Waals surface area contributed by atoms with Gasteiger partial charge in [0, 0.05) is 24.3 Å². The third kappa shape index (κ3) is 5.68. The molecule has 0 aromatic heterocycles. The summed E-state index contributed by atoms with van der Waals surface area (Å²) in [5, 5.41) is 21.3. The van der Waals surface area contributed by atoms with Crippen LogP contribution in [0.3, 0.4) is 0 Å². The van der Waals surface area contributed by atoms with Crippen LogP contribution in [-0.2, 0) is 13.0 Å². The molecule has 1 aliphatic heterocycles. The Morgan fingerprint density at radius 1 is 0.974 bits per heavy atom. The molecule has 1 heterocycles. The van der Waals surface area contributed by atoms with Crippen LogP contribution >= 0.6 is 0 Å². The Kier molecular flexibility index (Phi) is 7.42. The molecule has 0 saturated heterocycles. The predicted molar refractivity (Wildman–Crippen MR) is 152 cm³/mol. The minimum Gasteiger partial charge on any atom is -0.478 e. The summed E-state index contributed by atoms with van der Waals surface area (Å²) in [6, 6.07) is 30.3. The summed E-state index contributed by atoms with van der Waals surface area (Å²) < 4.78 is 0. The largest absolute Gasteiger partial charge is 0.478 e. The number of anilines is 1. The third-order valence-corrected chi connectivity index (χ3v) is 7.27. The van der Waals surface area contributed by atoms with Crippen LogP contribution in [0.25, 0.3) is 11.1 Å². The first-order chi connectivity index (χ1) is 18.9. The van der Waals surface area contributed by atoms with Crippen molar-refractivity contribution >= 4 is 17.6 Å². The number of carbonyl (C=O) groups is 2. The minimum absolute atomic E-state index is 0.123. The van der Waals surface area contributed by atoms with E-state index in [4.69, 9.17) is 5.26 Å². The Morgan fingerprint density at radius 2 is 1.69 bits per heavy atom. The average Bonchev–Trinajstić information content (AvgIpc) is 2.97. The van der Waals surface area contributed by atoms with Crippen LogP contribution in [0, 0.1) is 11.3 Å². The van der Waals surface area contributed by atoms with E-state index >= 15 is 0 Å². The Bertz CT molecular complexity index is 1550. The standard InChI is InChI=1S/C33H29N3O3/c1-22(24-10-8-23(20-34)9-11-24)35-32(37)28-16-17-31-27(19-28)6-4-18-36(31)21-29-5-2-3-7-30(29)25-12-14-26(15-13-25)33(38)39/h2-3,5,7-17,19,22H,4,6,18,21H2,1H3,(H,35,37)(H,38,39). The molecule has 0 spiro atoms. The first kappa shape index (κ1) is 25.7. The van der Waals surface area contributed by atoms with Crippen molar-refractivity contribution < 1.29 is 14.7 Å². The smallest absolute Gasteiger partial charge is 0.335 e. The molecule has 2 N–H and O–H groups in total. The summed E-state index contributed by atoms with van der Waals surface area (Å²) >= 11 is 0. The summed E-state index contributed by atoms with van der Waals surface area (Å²) in [6.07, 6.45) is 1.91. The number of fused-ring (bicyclic) bond motifs is 1. The van der Waals surface area contributed by atoms with Gasteiger partial charge in [0.1, 0.15) is 0 Å². The monoisotopic (exact) mass is 515 g/mol. The maximum absolute atomic E-state index is 13.1. The molecule has 1 unspecified atom stereocenters. The summed E-state index contributed by atoms with van der Waals surface area (Å²) in [6.45, 7) is 3.57. The van der Waals surface area contributed by atoms with Crippen LogP contribution in [0.2, 0.25) is 0 Å². The van der Waals surface area contributed by atoms with Gasteiger partial charge in [-0.15, -0.1) is 0 Å². The van der Waals surface area contributed by atoms with E-state index in [0.29, 0.717) is 17.7 Å². The van der Waals surface area contributed by atoms with Crippen LogP contribution in [-0.4, -0.2) is 23.5 Å². The van der Waals surface area contributed by atoms with Crippen molar-refractivity contribution in [1.29, 1.82) is 5.26 Å². The molecule has 1 atom stereocenters. The Labute approximate surface area is 228 Å². The van der Waals surface area contributed by atoms with Crippen LogP contribution in [0.5, 0.6) is 0 Å². The number of benzene rings is 4. The quantitative estimate of drug-likeness (QED) is 0.298. The molecule has 1 amide bonds. The minimum atomic E-state index is -0.934. The maximum Gasteiger partial charge on any atom is 0.335 e. The first-order valence-corrected chi connectivity index (χ1v) is 13.0. The van der Waals surface area contributed by atoms with Gasteiger partial charge in [-0.2, -0.15) is 5.26 Å². The number of nitrogens with one attached hydrogen (secondary N) is 1. The van der Waals surface area contributed by atoms with Crippen LogP contribution < -0.4 is 10.2 Å². The molecular weight excluding hydrogens is 486 g/mol. The van der Waals surface area contributed by atoms with Gasteiger partial charge in [-0.25, -0.2) is 4.79 Å². The lowest BCUT2D eigenvalue weighted by Gasteiger charge is -2.32. The number of amides is 1. The fourth-order valence-electron chi connectivity index (χ4n) is 5.13. The topological polar surface area (TPSA) is 93.4 Å². The van der Waals surface area contributed by atoms with E-state index < -0.39 is 5.97 Å². The number of carboxylic acids is 1. The molecule has 0 bridgehead atoms. The van der Waals surface area contributed by atoms with E-state index in [2.05, 4.69) is 28.4 Å². The maximum atomic E-state index is 13.1. The van der Waals surface area contributed by atoms with Crippen molar-refractivity contribution in [3.63, 3.8) is 0 Å². The lowest BCUT2D eigenvalue weighted by Crippen LogP contribution is -2.30. The number of rotatable bonds is 7. The van der Waals surface area contributed by atoms with Gasteiger partial charge in [-0.3, -0.25) is 4.79 Å². The Morgan fingerprint density at radius 3 is 2.41 bits per heavy atom. The molecule has 194 valence electrons. The summed E-state index contributed by atoms with van der Waals surface area (Å²) in [7, 11) is 0. The van der Waals surface area contributed by atoms with E-state index in [1.807, 2.05) is 61.5 Å². The molecule has 39 heavy (non-hydrogen) atoms. The van der Waals surface area contributed by atoms with E-state index in [9.17, 15) is 14.7 Å². The molecular formula is C33H29N3O3. The van der Waals surface area contributed by atoms with Gasteiger partial charge in [-0.05, 0) is 90.0 Å². The van der Waals surface area contributed by atoms with Crippen LogP contribution in [0.4, 0.5) is 5.69 Å². The molecule has 0 radical (unpaired) electrons. The van der Waals surface area contributed by atoms with Crippen molar-refractivity contribution in [3.05, 3.63) is 124 Å². The zero-order valence-electron chi connectivity index (χ0n) is 21.7. The van der Waals surface area contributed by atoms with E-state index in [1.165, 1.54) is 0 Å². The zero-order chi connectivity index (χ0) is 27.4. The van der Waals surface area contributed by atoms with Gasteiger partial charge >= 0.3 is 5.97 Å². The number of hydrogen-bond acceptors (Lipinski definition) is 4. The second-order valence-electron chi connectivity index (χ2n) is 9.84. The van der Waals surface area contributed by atoms with Gasteiger partial charge in [0.15, 0.2) is 0 Å². The summed E-state index contributed by atoms with van der Waals surface area (Å²) in [5.74, 6) is -1.06. The van der Waals surface area contributed by atoms with E-state index in [1.54, 1.807) is 24.3 Å². The second kappa shape index (κ2) is 11.2. The van der Waals surface area contributed by atoms with Gasteiger partial charge in [-0.1, -0.05) is 48.5 Å². The van der Waals surface area contributed by atoms with Crippen molar-refractivity contribution in [2.24, 2.45) is 0 Å². The highest BCUT2D eigenvalue weighted by Gasteiger charge is 2.21. The number of aryl methyl sites for hydroxylation is 1. The highest BCUT2D eigenvalue weighted by atomic mass is 16.4. The van der Waals surface area contributed by atoms with E-state index in [0.717, 1.165) is 52.9 Å². The number of nitrogens with zero attached hydrogens (tertiary/aromatic N) is 2. The molecule has 4 aromatic rings. The summed E-state index contributed by atoms with van der Waals surface area (Å²) in [4.78, 5) is 26.7. The molecule has 6 nitrogen and oxygen atoms in total. The van der Waals surface area contributed by atoms with Crippen LogP contribution in [0.15, 0.2) is 91.0 Å².